The third-order valence-corrected chi connectivity index (χ3v) is 4.21. The number of methoxy groups -OCH3 is 1. The molecule has 1 N–H and O–H groups in total. The smallest absolute Gasteiger partial charge is 0.306 e. The maximum Gasteiger partial charge on any atom is 0.306 e. The molecule has 0 saturated heterocycles. The predicted molar refractivity (Wildman–Crippen MR) is 73.5 cm³/mol. The Hall–Kier alpha value is -1.36. The molecule has 0 aromatic heterocycles. The predicted octanol–water partition coefficient (Wildman–Crippen LogP) is 3.14. The fraction of sp³-hybridized carbons (Fsp3) is 0.429. The van der Waals surface area contributed by atoms with Gasteiger partial charge in [0.05, 0.1) is 17.5 Å². The third-order valence-electron chi connectivity index (χ3n) is 3.59. The molecule has 1 aromatic rings. The van der Waals surface area contributed by atoms with Gasteiger partial charge < -0.3 is 9.84 Å². The van der Waals surface area contributed by atoms with Crippen molar-refractivity contribution in [2.45, 2.75) is 19.3 Å². The molecule has 102 valence electrons. The molecule has 0 heterocycles. The molecule has 2 unspecified atom stereocenters. The number of Topliss-reactive ketones (excluding diaryl/α,β-unsaturated/α-hetero) is 1. The van der Waals surface area contributed by atoms with Gasteiger partial charge in [0.2, 0.25) is 0 Å². The van der Waals surface area contributed by atoms with E-state index < -0.39 is 5.97 Å². The summed E-state index contributed by atoms with van der Waals surface area (Å²) in [5, 5.41) is 8.96. The van der Waals surface area contributed by atoms with E-state index in [4.69, 9.17) is 9.84 Å². The first-order chi connectivity index (χ1) is 9.02. The van der Waals surface area contributed by atoms with Crippen molar-refractivity contribution in [2.75, 3.05) is 7.11 Å². The largest absolute Gasteiger partial charge is 0.496 e. The van der Waals surface area contributed by atoms with Crippen molar-refractivity contribution in [1.29, 1.82) is 0 Å². The van der Waals surface area contributed by atoms with E-state index in [2.05, 4.69) is 15.9 Å². The summed E-state index contributed by atoms with van der Waals surface area (Å²) in [6.45, 7) is 0. The molecule has 0 radical (unpaired) electrons. The summed E-state index contributed by atoms with van der Waals surface area (Å²) in [5.74, 6) is -0.665. The maximum absolute atomic E-state index is 12.3. The number of benzene rings is 1. The molecule has 0 amide bonds. The number of carboxylic acid groups (broad SMARTS) is 1. The highest BCUT2D eigenvalue weighted by atomic mass is 79.9. The fourth-order valence-electron chi connectivity index (χ4n) is 2.50. The van der Waals surface area contributed by atoms with Crippen LogP contribution in [0.2, 0.25) is 0 Å². The Kier molecular flexibility index (Phi) is 4.24. The summed E-state index contributed by atoms with van der Waals surface area (Å²) in [7, 11) is 1.57. The minimum Gasteiger partial charge on any atom is -0.496 e. The SMILES string of the molecule is COc1ccc(C(=O)C2CCC(C(=O)O)C2)cc1Br. The number of carbonyl (C=O) groups excluding carboxylic acids is 1. The van der Waals surface area contributed by atoms with Crippen LogP contribution in [0.1, 0.15) is 29.6 Å². The van der Waals surface area contributed by atoms with Crippen LogP contribution >= 0.6 is 15.9 Å². The van der Waals surface area contributed by atoms with Crippen LogP contribution in [-0.2, 0) is 4.79 Å². The Bertz CT molecular complexity index is 512. The van der Waals surface area contributed by atoms with E-state index in [0.29, 0.717) is 30.6 Å². The second-order valence-electron chi connectivity index (χ2n) is 4.76. The maximum atomic E-state index is 12.3. The van der Waals surface area contributed by atoms with E-state index >= 15 is 0 Å². The van der Waals surface area contributed by atoms with Crippen molar-refractivity contribution in [1.82, 2.24) is 0 Å². The van der Waals surface area contributed by atoms with E-state index in [9.17, 15) is 9.59 Å². The summed E-state index contributed by atoms with van der Waals surface area (Å²) in [6.07, 6.45) is 1.68. The monoisotopic (exact) mass is 326 g/mol. The Labute approximate surface area is 119 Å². The summed E-state index contributed by atoms with van der Waals surface area (Å²) in [5.41, 5.74) is 0.601. The van der Waals surface area contributed by atoms with Gasteiger partial charge in [-0.25, -0.2) is 0 Å². The Morgan fingerprint density at radius 3 is 2.53 bits per heavy atom. The molecule has 0 spiro atoms. The molecular weight excluding hydrogens is 312 g/mol. The van der Waals surface area contributed by atoms with E-state index in [-0.39, 0.29) is 17.6 Å². The van der Waals surface area contributed by atoms with Gasteiger partial charge in [-0.3, -0.25) is 9.59 Å². The quantitative estimate of drug-likeness (QED) is 0.863. The number of ketones is 1. The van der Waals surface area contributed by atoms with E-state index in [1.807, 2.05) is 0 Å². The van der Waals surface area contributed by atoms with E-state index in [1.165, 1.54) is 0 Å². The molecule has 1 aliphatic rings. The molecule has 5 heteroatoms. The second kappa shape index (κ2) is 5.74. The lowest BCUT2D eigenvalue weighted by atomic mass is 9.95. The van der Waals surface area contributed by atoms with Crippen molar-refractivity contribution in [3.05, 3.63) is 28.2 Å². The Morgan fingerprint density at radius 1 is 1.32 bits per heavy atom. The zero-order valence-corrected chi connectivity index (χ0v) is 12.1. The van der Waals surface area contributed by atoms with Crippen molar-refractivity contribution in [2.24, 2.45) is 11.8 Å². The molecule has 2 atom stereocenters. The standard InChI is InChI=1S/C14H15BrO4/c1-19-12-5-4-9(7-11(12)15)13(16)8-2-3-10(6-8)14(17)18/h4-5,7-8,10H,2-3,6H2,1H3,(H,17,18). The van der Waals surface area contributed by atoms with Crippen LogP contribution in [-0.4, -0.2) is 24.0 Å². The first-order valence-corrected chi connectivity index (χ1v) is 6.92. The lowest BCUT2D eigenvalue weighted by molar-refractivity contribution is -0.141. The summed E-state index contributed by atoms with van der Waals surface area (Å²) < 4.78 is 5.85. The zero-order valence-electron chi connectivity index (χ0n) is 10.6. The van der Waals surface area contributed by atoms with Crippen LogP contribution in [0.15, 0.2) is 22.7 Å². The van der Waals surface area contributed by atoms with Crippen LogP contribution in [0.3, 0.4) is 0 Å². The van der Waals surface area contributed by atoms with Crippen molar-refractivity contribution < 1.29 is 19.4 Å². The Morgan fingerprint density at radius 2 is 2.00 bits per heavy atom. The molecule has 0 aliphatic heterocycles. The highest BCUT2D eigenvalue weighted by Crippen LogP contribution is 2.34. The fourth-order valence-corrected chi connectivity index (χ4v) is 3.04. The molecule has 2 rings (SSSR count). The van der Waals surface area contributed by atoms with Gasteiger partial charge in [-0.05, 0) is 53.4 Å². The van der Waals surface area contributed by atoms with Crippen LogP contribution in [0.4, 0.5) is 0 Å². The molecule has 1 aliphatic carbocycles. The van der Waals surface area contributed by atoms with Gasteiger partial charge in [0, 0.05) is 11.5 Å². The van der Waals surface area contributed by atoms with Gasteiger partial charge in [-0.15, -0.1) is 0 Å². The summed E-state index contributed by atoms with van der Waals surface area (Å²) in [6, 6.07) is 5.19. The topological polar surface area (TPSA) is 63.6 Å². The lowest BCUT2D eigenvalue weighted by Crippen LogP contribution is -2.14. The summed E-state index contributed by atoms with van der Waals surface area (Å²) >= 11 is 3.35. The molecule has 1 fully saturated rings. The normalized spacial score (nSPS) is 22.2. The lowest BCUT2D eigenvalue weighted by Gasteiger charge is -2.10. The van der Waals surface area contributed by atoms with E-state index in [1.54, 1.807) is 25.3 Å². The molecule has 0 bridgehead atoms. The van der Waals surface area contributed by atoms with E-state index in [0.717, 1.165) is 4.47 Å². The minimum atomic E-state index is -0.800. The number of hydrogen-bond acceptors (Lipinski definition) is 3. The molecule has 1 aromatic carbocycles. The number of halogens is 1. The van der Waals surface area contributed by atoms with Crippen LogP contribution in [0.25, 0.3) is 0 Å². The summed E-state index contributed by atoms with van der Waals surface area (Å²) in [4.78, 5) is 23.2. The van der Waals surface area contributed by atoms with Gasteiger partial charge in [-0.2, -0.15) is 0 Å². The van der Waals surface area contributed by atoms with Crippen LogP contribution < -0.4 is 4.74 Å². The Balaban J connectivity index is 2.12. The highest BCUT2D eigenvalue weighted by Gasteiger charge is 2.34. The average molecular weight is 327 g/mol. The van der Waals surface area contributed by atoms with Gasteiger partial charge in [0.15, 0.2) is 5.78 Å². The number of carbonyl (C=O) groups is 2. The average Bonchev–Trinajstić information content (AvgIpc) is 2.87. The van der Waals surface area contributed by atoms with Crippen LogP contribution in [0.5, 0.6) is 5.75 Å². The van der Waals surface area contributed by atoms with Crippen molar-refractivity contribution in [3.63, 3.8) is 0 Å². The molecule has 19 heavy (non-hydrogen) atoms. The van der Waals surface area contributed by atoms with Gasteiger partial charge >= 0.3 is 5.97 Å². The van der Waals surface area contributed by atoms with Gasteiger partial charge in [0.25, 0.3) is 0 Å². The first kappa shape index (κ1) is 14.1. The number of rotatable bonds is 4. The van der Waals surface area contributed by atoms with Crippen molar-refractivity contribution in [3.8, 4) is 5.75 Å². The zero-order chi connectivity index (χ0) is 14.0. The molecular formula is C14H15BrO4. The highest BCUT2D eigenvalue weighted by molar-refractivity contribution is 9.10. The second-order valence-corrected chi connectivity index (χ2v) is 5.61. The number of hydrogen-bond donors (Lipinski definition) is 1. The molecule has 4 nitrogen and oxygen atoms in total. The molecule has 1 saturated carbocycles. The number of aliphatic carboxylic acids is 1. The number of carboxylic acids is 1. The first-order valence-electron chi connectivity index (χ1n) is 6.13. The van der Waals surface area contributed by atoms with Crippen molar-refractivity contribution >= 4 is 27.7 Å². The number of ether oxygens (including phenoxy) is 1. The van der Waals surface area contributed by atoms with Crippen LogP contribution in [0, 0.1) is 11.8 Å². The minimum absolute atomic E-state index is 0.0205. The van der Waals surface area contributed by atoms with Gasteiger partial charge in [0.1, 0.15) is 5.75 Å². The third kappa shape index (κ3) is 2.97. The van der Waals surface area contributed by atoms with Gasteiger partial charge in [-0.1, -0.05) is 0 Å².